The standard InChI is InChI=1S/C16H34S9/c17-3-1-15(24-8-6-20)14-23-10-9-21-11-12-25-16(2-4-18)13-22-7-5-19/h15-20H,1-14H2. The van der Waals surface area contributed by atoms with Gasteiger partial charge in [0, 0.05) is 56.5 Å². The van der Waals surface area contributed by atoms with Gasteiger partial charge in [0.2, 0.25) is 0 Å². The Bertz CT molecular complexity index is 256. The van der Waals surface area contributed by atoms with Gasteiger partial charge < -0.3 is 0 Å². The number of hydrogen-bond acceptors (Lipinski definition) is 9. The molecule has 2 unspecified atom stereocenters. The maximum absolute atomic E-state index is 4.40. The molecular formula is C16H34S9. The molecule has 0 radical (unpaired) electrons. The molecule has 0 aliphatic rings. The Morgan fingerprint density at radius 3 is 1.52 bits per heavy atom. The van der Waals surface area contributed by atoms with E-state index in [0.29, 0.717) is 0 Å². The molecule has 0 aliphatic carbocycles. The monoisotopic (exact) mass is 514 g/mol. The van der Waals surface area contributed by atoms with Crippen LogP contribution < -0.4 is 0 Å². The van der Waals surface area contributed by atoms with Gasteiger partial charge >= 0.3 is 0 Å². The second-order valence-electron chi connectivity index (χ2n) is 5.22. The van der Waals surface area contributed by atoms with E-state index in [-0.39, 0.29) is 0 Å². The summed E-state index contributed by atoms with van der Waals surface area (Å²) < 4.78 is 0. The largest absolute Gasteiger partial charge is 0.179 e. The van der Waals surface area contributed by atoms with E-state index in [1.54, 1.807) is 0 Å². The minimum Gasteiger partial charge on any atom is -0.179 e. The van der Waals surface area contributed by atoms with Crippen LogP contribution in [0.15, 0.2) is 0 Å². The molecule has 0 fully saturated rings. The van der Waals surface area contributed by atoms with Crippen LogP contribution >= 0.6 is 109 Å². The molecule has 0 bridgehead atoms. The molecule has 0 N–H and O–H groups in total. The molecule has 0 rings (SSSR count). The molecule has 0 aromatic rings. The highest BCUT2D eigenvalue weighted by molar-refractivity contribution is 8.06. The number of thioether (sulfide) groups is 5. The molecule has 0 aliphatic heterocycles. The lowest BCUT2D eigenvalue weighted by Gasteiger charge is -2.15. The van der Waals surface area contributed by atoms with Gasteiger partial charge in [-0.1, -0.05) is 0 Å². The Labute approximate surface area is 199 Å². The van der Waals surface area contributed by atoms with Crippen LogP contribution in [0.25, 0.3) is 0 Å². The van der Waals surface area contributed by atoms with Crippen LogP contribution in [0.5, 0.6) is 0 Å². The third kappa shape index (κ3) is 20.2. The van der Waals surface area contributed by atoms with E-state index in [9.17, 15) is 0 Å². The Hall–Kier alpha value is 3.15. The van der Waals surface area contributed by atoms with Crippen molar-refractivity contribution >= 4 is 109 Å². The van der Waals surface area contributed by atoms with Crippen molar-refractivity contribution < 1.29 is 0 Å². The van der Waals surface area contributed by atoms with Crippen molar-refractivity contribution in [2.45, 2.75) is 23.3 Å². The summed E-state index contributed by atoms with van der Waals surface area (Å²) >= 11 is 27.8. The summed E-state index contributed by atoms with van der Waals surface area (Å²) in [7, 11) is 0. The predicted molar refractivity (Wildman–Crippen MR) is 149 cm³/mol. The first kappa shape index (κ1) is 28.1. The normalized spacial score (nSPS) is 13.9. The van der Waals surface area contributed by atoms with Gasteiger partial charge in [-0.2, -0.15) is 109 Å². The summed E-state index contributed by atoms with van der Waals surface area (Å²) in [6.45, 7) is 0. The average Bonchev–Trinajstić information content (AvgIpc) is 2.61. The number of hydrogen-bond donors (Lipinski definition) is 4. The van der Waals surface area contributed by atoms with Crippen molar-refractivity contribution in [3.05, 3.63) is 0 Å². The van der Waals surface area contributed by atoms with Crippen molar-refractivity contribution in [2.75, 3.05) is 69.0 Å². The topological polar surface area (TPSA) is 0 Å². The summed E-state index contributed by atoms with van der Waals surface area (Å²) in [5.74, 6) is 13.9. The summed E-state index contributed by atoms with van der Waals surface area (Å²) in [4.78, 5) is 0. The third-order valence-electron chi connectivity index (χ3n) is 3.14. The van der Waals surface area contributed by atoms with Gasteiger partial charge in [0.25, 0.3) is 0 Å². The Balaban J connectivity index is 3.56. The van der Waals surface area contributed by atoms with Crippen molar-refractivity contribution in [1.29, 1.82) is 0 Å². The molecule has 0 aromatic heterocycles. The quantitative estimate of drug-likeness (QED) is 0.118. The van der Waals surface area contributed by atoms with Crippen LogP contribution in [0.2, 0.25) is 0 Å². The van der Waals surface area contributed by atoms with E-state index in [0.717, 1.165) is 39.3 Å². The maximum atomic E-state index is 4.40. The minimum atomic E-state index is 0.756. The first-order chi connectivity index (χ1) is 12.3. The van der Waals surface area contributed by atoms with Crippen molar-refractivity contribution in [2.24, 2.45) is 0 Å². The highest BCUT2D eigenvalue weighted by Gasteiger charge is 2.09. The molecule has 0 aromatic carbocycles. The molecule has 25 heavy (non-hydrogen) atoms. The lowest BCUT2D eigenvalue weighted by Crippen LogP contribution is -2.10. The van der Waals surface area contributed by atoms with E-state index >= 15 is 0 Å². The highest BCUT2D eigenvalue weighted by Crippen LogP contribution is 2.23. The first-order valence-electron chi connectivity index (χ1n) is 8.68. The molecule has 0 heterocycles. The van der Waals surface area contributed by atoms with E-state index in [2.05, 4.69) is 97.6 Å². The summed E-state index contributed by atoms with van der Waals surface area (Å²) in [5.41, 5.74) is 0. The average molecular weight is 515 g/mol. The van der Waals surface area contributed by atoms with Gasteiger partial charge in [-0.05, 0) is 35.9 Å². The molecule has 0 saturated carbocycles. The van der Waals surface area contributed by atoms with Crippen molar-refractivity contribution in [3.8, 4) is 0 Å². The van der Waals surface area contributed by atoms with Crippen LogP contribution in [0.4, 0.5) is 0 Å². The molecule has 2 atom stereocenters. The maximum Gasteiger partial charge on any atom is 0.0146 e. The Morgan fingerprint density at radius 2 is 0.960 bits per heavy atom. The Morgan fingerprint density at radius 1 is 0.480 bits per heavy atom. The van der Waals surface area contributed by atoms with Crippen LogP contribution in [0.3, 0.4) is 0 Å². The molecule has 0 spiro atoms. The fourth-order valence-electron chi connectivity index (χ4n) is 1.92. The van der Waals surface area contributed by atoms with E-state index in [1.807, 2.05) is 11.8 Å². The summed E-state index contributed by atoms with van der Waals surface area (Å²) in [5, 5.41) is 1.52. The SMILES string of the molecule is SCCSCC(CCS)SCCSCCSCC(CCS)SCCS. The fourth-order valence-corrected chi connectivity index (χ4v) is 9.61. The second kappa shape index (κ2) is 23.4. The molecule has 0 saturated heterocycles. The van der Waals surface area contributed by atoms with Gasteiger partial charge in [-0.25, -0.2) is 0 Å². The third-order valence-corrected chi connectivity index (χ3v) is 11.5. The molecule has 152 valence electrons. The lowest BCUT2D eigenvalue weighted by atomic mass is 10.4. The molecule has 0 amide bonds. The summed E-state index contributed by atoms with van der Waals surface area (Å²) in [6.07, 6.45) is 2.44. The van der Waals surface area contributed by atoms with Crippen LogP contribution in [-0.4, -0.2) is 79.5 Å². The zero-order valence-electron chi connectivity index (χ0n) is 14.9. The van der Waals surface area contributed by atoms with Gasteiger partial charge in [-0.3, -0.25) is 0 Å². The number of thiol groups is 4. The van der Waals surface area contributed by atoms with E-state index < -0.39 is 0 Å². The smallest absolute Gasteiger partial charge is 0.0146 e. The van der Waals surface area contributed by atoms with E-state index in [1.165, 1.54) is 53.1 Å². The van der Waals surface area contributed by atoms with Gasteiger partial charge in [-0.15, -0.1) is 0 Å². The van der Waals surface area contributed by atoms with Gasteiger partial charge in [0.1, 0.15) is 0 Å². The number of rotatable bonds is 20. The molecule has 9 heteroatoms. The first-order valence-corrected chi connectivity index (χ1v) is 16.8. The van der Waals surface area contributed by atoms with Crippen LogP contribution in [0, 0.1) is 0 Å². The lowest BCUT2D eigenvalue weighted by molar-refractivity contribution is 0.930. The van der Waals surface area contributed by atoms with Gasteiger partial charge in [0.15, 0.2) is 0 Å². The van der Waals surface area contributed by atoms with Crippen LogP contribution in [0.1, 0.15) is 12.8 Å². The Kier molecular flexibility index (Phi) is 26.4. The van der Waals surface area contributed by atoms with Crippen molar-refractivity contribution in [3.63, 3.8) is 0 Å². The predicted octanol–water partition coefficient (Wildman–Crippen LogP) is 5.89. The zero-order chi connectivity index (χ0) is 18.6. The molecule has 0 nitrogen and oxygen atoms in total. The van der Waals surface area contributed by atoms with Crippen LogP contribution in [-0.2, 0) is 0 Å². The summed E-state index contributed by atoms with van der Waals surface area (Å²) in [6, 6.07) is 0. The minimum absolute atomic E-state index is 0.756. The zero-order valence-corrected chi connectivity index (χ0v) is 22.5. The second-order valence-corrected chi connectivity index (χ2v) is 13.3. The molecular weight excluding hydrogens is 481 g/mol. The van der Waals surface area contributed by atoms with Crippen molar-refractivity contribution in [1.82, 2.24) is 0 Å². The van der Waals surface area contributed by atoms with E-state index in [4.69, 9.17) is 0 Å². The van der Waals surface area contributed by atoms with Gasteiger partial charge in [0.05, 0.1) is 0 Å². The highest BCUT2D eigenvalue weighted by atomic mass is 32.2. The fraction of sp³-hybridized carbons (Fsp3) is 1.00.